The van der Waals surface area contributed by atoms with Gasteiger partial charge in [0.1, 0.15) is 0 Å². The van der Waals surface area contributed by atoms with Crippen LogP contribution in [0.25, 0.3) is 0 Å². The molecule has 0 fully saturated rings. The monoisotopic (exact) mass is 469 g/mol. The van der Waals surface area contributed by atoms with Crippen molar-refractivity contribution < 1.29 is 35.7 Å². The second-order valence-electron chi connectivity index (χ2n) is 6.18. The molecule has 0 saturated heterocycles. The van der Waals surface area contributed by atoms with Gasteiger partial charge in [-0.2, -0.15) is 13.2 Å². The molecule has 0 aliphatic heterocycles. The summed E-state index contributed by atoms with van der Waals surface area (Å²) in [5.74, 6) is -1.72. The highest BCUT2D eigenvalue weighted by Crippen LogP contribution is 2.33. The lowest BCUT2D eigenvalue weighted by Crippen LogP contribution is -2.52. The Bertz CT molecular complexity index is 1070. The Morgan fingerprint density at radius 2 is 1.62 bits per heavy atom. The molecular weight excluding hydrogens is 455 g/mol. The zero-order chi connectivity index (χ0) is 22.2. The van der Waals surface area contributed by atoms with Crippen LogP contribution in [-0.4, -0.2) is 41.7 Å². The van der Waals surface area contributed by atoms with Crippen LogP contribution in [0.1, 0.15) is 6.92 Å². The van der Waals surface area contributed by atoms with Gasteiger partial charge < -0.3 is 10.4 Å². The minimum Gasteiger partial charge on any atom is -0.373 e. The lowest BCUT2D eigenvalue weighted by molar-refractivity contribution is -0.242. The van der Waals surface area contributed by atoms with E-state index in [9.17, 15) is 35.7 Å². The third-order valence-corrected chi connectivity index (χ3v) is 6.69. The molecule has 2 aromatic carbocycles. The van der Waals surface area contributed by atoms with Gasteiger partial charge in [0.25, 0.3) is 5.91 Å². The molecule has 2 N–H and O–H groups in total. The smallest absolute Gasteiger partial charge is 0.373 e. The highest BCUT2D eigenvalue weighted by molar-refractivity contribution is 7.90. The number of nitrogens with one attached hydrogen (secondary N) is 1. The summed E-state index contributed by atoms with van der Waals surface area (Å²) < 4.78 is 73.7. The molecule has 12 heteroatoms. The number of alkyl halides is 3. The molecule has 0 aliphatic carbocycles. The number of hydrogen-bond acceptors (Lipinski definition) is 5. The van der Waals surface area contributed by atoms with Crippen molar-refractivity contribution in [3.63, 3.8) is 0 Å². The molecule has 0 heterocycles. The minimum atomic E-state index is -5.19. The molecule has 6 nitrogen and oxygen atoms in total. The molecule has 0 radical (unpaired) electrons. The van der Waals surface area contributed by atoms with E-state index in [1.165, 1.54) is 36.4 Å². The Morgan fingerprint density at radius 3 is 2.07 bits per heavy atom. The molecule has 158 valence electrons. The van der Waals surface area contributed by atoms with Crippen molar-refractivity contribution >= 4 is 43.8 Å². The van der Waals surface area contributed by atoms with E-state index in [1.54, 1.807) is 0 Å². The summed E-state index contributed by atoms with van der Waals surface area (Å²) in [5.41, 5.74) is -3.84. The number of carbonyl (C=O) groups excluding carboxylic acids is 1. The first-order valence-electron chi connectivity index (χ1n) is 7.76. The first kappa shape index (κ1) is 23.3. The SMILES string of the molecule is CC(O)(C(=O)Nc1ccc([S@](=O)c2ccc(S(C)(=O)=O)cc2)cc1Cl)C(F)(F)F. The van der Waals surface area contributed by atoms with Crippen molar-refractivity contribution in [2.45, 2.75) is 33.4 Å². The Hall–Kier alpha value is -1.95. The Kier molecular flexibility index (Phi) is 6.48. The number of halogens is 4. The van der Waals surface area contributed by atoms with E-state index in [2.05, 4.69) is 0 Å². The van der Waals surface area contributed by atoms with Crippen LogP contribution in [0.5, 0.6) is 0 Å². The van der Waals surface area contributed by atoms with Crippen LogP contribution in [0.3, 0.4) is 0 Å². The molecule has 29 heavy (non-hydrogen) atoms. The van der Waals surface area contributed by atoms with E-state index >= 15 is 0 Å². The number of sulfone groups is 1. The second kappa shape index (κ2) is 8.05. The molecule has 0 aromatic heterocycles. The van der Waals surface area contributed by atoms with Gasteiger partial charge in [0.2, 0.25) is 5.60 Å². The van der Waals surface area contributed by atoms with E-state index < -0.39 is 38.3 Å². The molecule has 0 saturated carbocycles. The highest BCUT2D eigenvalue weighted by Gasteiger charge is 2.55. The van der Waals surface area contributed by atoms with Gasteiger partial charge in [-0.15, -0.1) is 0 Å². The Balaban J connectivity index is 2.25. The van der Waals surface area contributed by atoms with Crippen LogP contribution in [0.2, 0.25) is 5.02 Å². The maximum absolute atomic E-state index is 12.7. The van der Waals surface area contributed by atoms with Crippen LogP contribution in [0, 0.1) is 0 Å². The van der Waals surface area contributed by atoms with Gasteiger partial charge in [-0.05, 0) is 49.4 Å². The van der Waals surface area contributed by atoms with Crippen molar-refractivity contribution in [2.75, 3.05) is 11.6 Å². The summed E-state index contributed by atoms with van der Waals surface area (Å²) >= 11 is 5.96. The van der Waals surface area contributed by atoms with E-state index in [4.69, 9.17) is 11.6 Å². The largest absolute Gasteiger partial charge is 0.426 e. The maximum Gasteiger partial charge on any atom is 0.426 e. The molecule has 2 aromatic rings. The molecule has 0 bridgehead atoms. The lowest BCUT2D eigenvalue weighted by Gasteiger charge is -2.25. The maximum atomic E-state index is 12.7. The van der Waals surface area contributed by atoms with Crippen molar-refractivity contribution in [3.8, 4) is 0 Å². The van der Waals surface area contributed by atoms with Crippen molar-refractivity contribution in [3.05, 3.63) is 47.5 Å². The molecule has 2 rings (SSSR count). The quantitative estimate of drug-likeness (QED) is 0.700. The number of benzene rings is 2. The Labute approximate surface area is 172 Å². The summed E-state index contributed by atoms with van der Waals surface area (Å²) in [5, 5.41) is 11.1. The fourth-order valence-corrected chi connectivity index (χ4v) is 4.03. The van der Waals surface area contributed by atoms with E-state index in [0.717, 1.165) is 12.3 Å². The number of rotatable bonds is 5. The average molecular weight is 470 g/mol. The van der Waals surface area contributed by atoms with Gasteiger partial charge in [0, 0.05) is 16.0 Å². The lowest BCUT2D eigenvalue weighted by atomic mass is 10.1. The van der Waals surface area contributed by atoms with Crippen LogP contribution in [0.15, 0.2) is 57.2 Å². The zero-order valence-corrected chi connectivity index (χ0v) is 17.3. The number of anilines is 1. The average Bonchev–Trinajstić information content (AvgIpc) is 2.61. The molecule has 1 amide bonds. The van der Waals surface area contributed by atoms with Crippen molar-refractivity contribution in [1.29, 1.82) is 0 Å². The third kappa shape index (κ3) is 5.16. The van der Waals surface area contributed by atoms with Gasteiger partial charge in [-0.25, -0.2) is 12.6 Å². The fraction of sp³-hybridized carbons (Fsp3) is 0.235. The van der Waals surface area contributed by atoms with E-state index in [-0.39, 0.29) is 25.4 Å². The number of aliphatic hydroxyl groups is 1. The summed E-state index contributed by atoms with van der Waals surface area (Å²) in [6.07, 6.45) is -4.16. The van der Waals surface area contributed by atoms with Crippen molar-refractivity contribution in [1.82, 2.24) is 0 Å². The molecular formula is C17H15ClF3NO5S2. The van der Waals surface area contributed by atoms with Gasteiger partial charge >= 0.3 is 6.18 Å². The van der Waals surface area contributed by atoms with Gasteiger partial charge in [-0.3, -0.25) is 4.79 Å². The zero-order valence-electron chi connectivity index (χ0n) is 15.0. The topological polar surface area (TPSA) is 101 Å². The van der Waals surface area contributed by atoms with Gasteiger partial charge in [-0.1, -0.05) is 11.6 Å². The summed E-state index contributed by atoms with van der Waals surface area (Å²) in [6.45, 7) is 0.305. The van der Waals surface area contributed by atoms with Gasteiger partial charge in [0.05, 0.1) is 26.4 Å². The second-order valence-corrected chi connectivity index (χ2v) is 10.1. The molecule has 0 aliphatic rings. The predicted octanol–water partition coefficient (Wildman–Crippen LogP) is 3.16. The van der Waals surface area contributed by atoms with Crippen LogP contribution >= 0.6 is 11.6 Å². The molecule has 2 atom stereocenters. The summed E-state index contributed by atoms with van der Waals surface area (Å²) in [4.78, 5) is 12.2. The van der Waals surface area contributed by atoms with E-state index in [0.29, 0.717) is 6.92 Å². The number of amides is 1. The molecule has 0 spiro atoms. The van der Waals surface area contributed by atoms with Gasteiger partial charge in [0.15, 0.2) is 9.84 Å². The summed E-state index contributed by atoms with van der Waals surface area (Å²) in [6, 6.07) is 8.89. The van der Waals surface area contributed by atoms with Crippen LogP contribution in [-0.2, 0) is 25.4 Å². The predicted molar refractivity (Wildman–Crippen MR) is 101 cm³/mol. The normalized spacial score (nSPS) is 15.4. The number of carbonyl (C=O) groups is 1. The standard InChI is InChI=1S/C17H15ClF3NO5S2/c1-16(24,17(19,20)21)15(23)22-14-8-5-11(9-13(14)18)28(25)10-3-6-12(7-4-10)29(2,26)27/h3-9,24H,1-2H3,(H,22,23)/t16?,28-/m1/s1. The van der Waals surface area contributed by atoms with E-state index in [1.807, 2.05) is 5.32 Å². The minimum absolute atomic E-state index is 0.0473. The highest BCUT2D eigenvalue weighted by atomic mass is 35.5. The number of hydrogen-bond donors (Lipinski definition) is 2. The van der Waals surface area contributed by atoms with Crippen molar-refractivity contribution in [2.24, 2.45) is 0 Å². The first-order chi connectivity index (χ1) is 13.1. The molecule has 1 unspecified atom stereocenters. The first-order valence-corrected chi connectivity index (χ1v) is 11.2. The van der Waals surface area contributed by atoms with Crippen LogP contribution in [0.4, 0.5) is 18.9 Å². The Morgan fingerprint density at radius 1 is 1.10 bits per heavy atom. The van der Waals surface area contributed by atoms with Crippen LogP contribution < -0.4 is 5.32 Å². The fourth-order valence-electron chi connectivity index (χ4n) is 2.03. The summed E-state index contributed by atoms with van der Waals surface area (Å²) in [7, 11) is -5.18. The third-order valence-electron chi connectivity index (χ3n) is 3.86.